The molecule has 0 aromatic carbocycles. The predicted octanol–water partition coefficient (Wildman–Crippen LogP) is 1.64. The molecule has 1 rings (SSSR count). The fraction of sp³-hybridized carbons (Fsp3) is 0.125. The maximum absolute atomic E-state index is 9.97. The van der Waals surface area contributed by atoms with Crippen molar-refractivity contribution in [3.63, 3.8) is 0 Å². The molecule has 1 aromatic heterocycles. The summed E-state index contributed by atoms with van der Waals surface area (Å²) in [6.07, 6.45) is 3.87. The van der Waals surface area contributed by atoms with E-state index in [0.29, 0.717) is 5.69 Å². The van der Waals surface area contributed by atoms with E-state index in [1.165, 1.54) is 6.08 Å². The first-order chi connectivity index (χ1) is 5.70. The lowest BCUT2D eigenvalue weighted by Gasteiger charge is -1.94. The van der Waals surface area contributed by atoms with E-state index in [0.717, 1.165) is 11.8 Å². The second kappa shape index (κ2) is 3.61. The second-order valence-corrected chi connectivity index (χ2v) is 2.31. The molecule has 0 saturated heterocycles. The Kier molecular flexibility index (Phi) is 2.53. The van der Waals surface area contributed by atoms with Crippen LogP contribution in [0, 0.1) is 17.0 Å². The number of nitrogens with zero attached hydrogens (tertiary/aromatic N) is 2. The fourth-order valence-electron chi connectivity index (χ4n) is 0.804. The van der Waals surface area contributed by atoms with Gasteiger partial charge in [0.15, 0.2) is 0 Å². The molecule has 0 aliphatic heterocycles. The lowest BCUT2D eigenvalue weighted by molar-refractivity contribution is -0.401. The van der Waals surface area contributed by atoms with Crippen molar-refractivity contribution in [2.75, 3.05) is 0 Å². The van der Waals surface area contributed by atoms with Crippen LogP contribution in [0.15, 0.2) is 24.5 Å². The molecule has 0 fully saturated rings. The number of nitro groups is 1. The van der Waals surface area contributed by atoms with Crippen molar-refractivity contribution in [1.82, 2.24) is 4.98 Å². The van der Waals surface area contributed by atoms with Crippen LogP contribution >= 0.6 is 0 Å². The highest BCUT2D eigenvalue weighted by atomic mass is 16.6. The molecule has 0 unspecified atom stereocenters. The van der Waals surface area contributed by atoms with E-state index in [2.05, 4.69) is 4.98 Å². The van der Waals surface area contributed by atoms with E-state index in [1.807, 2.05) is 13.0 Å². The van der Waals surface area contributed by atoms with Crippen LogP contribution in [0.4, 0.5) is 0 Å². The summed E-state index contributed by atoms with van der Waals surface area (Å²) in [7, 11) is 0. The summed E-state index contributed by atoms with van der Waals surface area (Å²) >= 11 is 0. The summed E-state index contributed by atoms with van der Waals surface area (Å²) in [5.74, 6) is 0. The third-order valence-electron chi connectivity index (χ3n) is 1.40. The number of hydrogen-bond donors (Lipinski definition) is 0. The summed E-state index contributed by atoms with van der Waals surface area (Å²) in [5.41, 5.74) is 1.56. The molecule has 1 heterocycles. The van der Waals surface area contributed by atoms with Crippen LogP contribution in [0.25, 0.3) is 6.08 Å². The summed E-state index contributed by atoms with van der Waals surface area (Å²) in [4.78, 5) is 13.4. The van der Waals surface area contributed by atoms with Crippen molar-refractivity contribution in [3.8, 4) is 0 Å². The van der Waals surface area contributed by atoms with Gasteiger partial charge in [0.2, 0.25) is 6.20 Å². The first-order valence-electron chi connectivity index (χ1n) is 3.43. The first kappa shape index (κ1) is 8.39. The van der Waals surface area contributed by atoms with Gasteiger partial charge in [0.1, 0.15) is 0 Å². The highest BCUT2D eigenvalue weighted by Gasteiger charge is 1.94. The Labute approximate surface area is 69.7 Å². The van der Waals surface area contributed by atoms with Gasteiger partial charge in [-0.3, -0.25) is 15.1 Å². The van der Waals surface area contributed by atoms with Gasteiger partial charge in [-0.25, -0.2) is 0 Å². The third-order valence-corrected chi connectivity index (χ3v) is 1.40. The van der Waals surface area contributed by atoms with Gasteiger partial charge in [-0.05, 0) is 18.6 Å². The Hall–Kier alpha value is -1.71. The molecular formula is C8H8N2O2. The van der Waals surface area contributed by atoms with E-state index in [1.54, 1.807) is 12.3 Å². The maximum Gasteiger partial charge on any atom is 0.236 e. The molecule has 0 bridgehead atoms. The van der Waals surface area contributed by atoms with Crippen molar-refractivity contribution >= 4 is 6.08 Å². The summed E-state index contributed by atoms with van der Waals surface area (Å²) in [6.45, 7) is 1.85. The Morgan fingerprint density at radius 1 is 1.67 bits per heavy atom. The normalized spacial score (nSPS) is 10.4. The monoisotopic (exact) mass is 164 g/mol. The molecule has 0 aliphatic carbocycles. The van der Waals surface area contributed by atoms with Crippen molar-refractivity contribution in [2.24, 2.45) is 0 Å². The van der Waals surface area contributed by atoms with Gasteiger partial charge in [-0.15, -0.1) is 0 Å². The van der Waals surface area contributed by atoms with E-state index < -0.39 is 4.92 Å². The smallest absolute Gasteiger partial charge is 0.236 e. The van der Waals surface area contributed by atoms with Gasteiger partial charge in [-0.2, -0.15) is 0 Å². The minimum absolute atomic E-state index is 0.506. The van der Waals surface area contributed by atoms with Gasteiger partial charge in [0.25, 0.3) is 0 Å². The SMILES string of the molecule is Cc1cccnc1/C=C/[N+](=O)[O-]. The first-order valence-corrected chi connectivity index (χ1v) is 3.43. The average molecular weight is 164 g/mol. The molecule has 0 saturated carbocycles. The standard InChI is InChI=1S/C8H8N2O2/c1-7-3-2-5-9-8(7)4-6-10(11)12/h2-6H,1H3/b6-4+. The van der Waals surface area contributed by atoms with E-state index >= 15 is 0 Å². The number of rotatable bonds is 2. The van der Waals surface area contributed by atoms with Crippen LogP contribution < -0.4 is 0 Å². The molecule has 62 valence electrons. The van der Waals surface area contributed by atoms with Crippen LogP contribution in [0.5, 0.6) is 0 Å². The van der Waals surface area contributed by atoms with Crippen LogP contribution in [0.3, 0.4) is 0 Å². The van der Waals surface area contributed by atoms with Crippen molar-refractivity contribution in [2.45, 2.75) is 6.92 Å². The van der Waals surface area contributed by atoms with Gasteiger partial charge in [-0.1, -0.05) is 6.07 Å². The maximum atomic E-state index is 9.97. The molecule has 0 N–H and O–H groups in total. The molecular weight excluding hydrogens is 156 g/mol. The molecule has 0 aliphatic rings. The van der Waals surface area contributed by atoms with E-state index in [-0.39, 0.29) is 0 Å². The summed E-state index contributed by atoms with van der Waals surface area (Å²) in [6, 6.07) is 3.64. The number of hydrogen-bond acceptors (Lipinski definition) is 3. The molecule has 4 heteroatoms. The minimum atomic E-state index is -0.506. The Bertz CT molecular complexity index is 321. The number of pyridine rings is 1. The van der Waals surface area contributed by atoms with Crippen LogP contribution in [0.2, 0.25) is 0 Å². The molecule has 4 nitrogen and oxygen atoms in total. The molecule has 1 aromatic rings. The second-order valence-electron chi connectivity index (χ2n) is 2.31. The summed E-state index contributed by atoms with van der Waals surface area (Å²) < 4.78 is 0. The largest absolute Gasteiger partial charge is 0.259 e. The summed E-state index contributed by atoms with van der Waals surface area (Å²) in [5, 5.41) is 9.97. The third kappa shape index (κ3) is 2.16. The minimum Gasteiger partial charge on any atom is -0.259 e. The van der Waals surface area contributed by atoms with Gasteiger partial charge < -0.3 is 0 Å². The zero-order valence-electron chi connectivity index (χ0n) is 6.60. The fourth-order valence-corrected chi connectivity index (χ4v) is 0.804. The zero-order chi connectivity index (χ0) is 8.97. The quantitative estimate of drug-likeness (QED) is 0.493. The molecule has 0 amide bonds. The van der Waals surface area contributed by atoms with E-state index in [9.17, 15) is 10.1 Å². The molecule has 12 heavy (non-hydrogen) atoms. The highest BCUT2D eigenvalue weighted by Crippen LogP contribution is 2.04. The molecule has 0 atom stereocenters. The van der Waals surface area contributed by atoms with Crippen LogP contribution in [-0.4, -0.2) is 9.91 Å². The highest BCUT2D eigenvalue weighted by molar-refractivity contribution is 5.46. The van der Waals surface area contributed by atoms with Gasteiger partial charge in [0.05, 0.1) is 10.6 Å². The van der Waals surface area contributed by atoms with Crippen molar-refractivity contribution < 1.29 is 4.92 Å². The Morgan fingerprint density at radius 2 is 2.42 bits per heavy atom. The predicted molar refractivity (Wildman–Crippen MR) is 45.0 cm³/mol. The van der Waals surface area contributed by atoms with Crippen molar-refractivity contribution in [1.29, 1.82) is 0 Å². The van der Waals surface area contributed by atoms with E-state index in [4.69, 9.17) is 0 Å². The molecule has 0 radical (unpaired) electrons. The Balaban J connectivity index is 2.89. The zero-order valence-corrected chi connectivity index (χ0v) is 6.60. The number of aryl methyl sites for hydroxylation is 1. The lowest BCUT2D eigenvalue weighted by atomic mass is 10.2. The van der Waals surface area contributed by atoms with Crippen molar-refractivity contribution in [3.05, 3.63) is 45.9 Å². The lowest BCUT2D eigenvalue weighted by Crippen LogP contribution is -1.87. The Morgan fingerprint density at radius 3 is 3.00 bits per heavy atom. The topological polar surface area (TPSA) is 56.0 Å². The number of aromatic nitrogens is 1. The van der Waals surface area contributed by atoms with Gasteiger partial charge >= 0.3 is 0 Å². The van der Waals surface area contributed by atoms with Crippen LogP contribution in [-0.2, 0) is 0 Å². The van der Waals surface area contributed by atoms with Crippen LogP contribution in [0.1, 0.15) is 11.3 Å². The molecule has 0 spiro atoms. The average Bonchev–Trinajstić information content (AvgIpc) is 2.03. The van der Waals surface area contributed by atoms with Gasteiger partial charge in [0, 0.05) is 12.3 Å².